The van der Waals surface area contributed by atoms with Gasteiger partial charge in [0.05, 0.1) is 5.41 Å². The summed E-state index contributed by atoms with van der Waals surface area (Å²) in [5.74, 6) is -0.471. The molecule has 1 heterocycles. The molecular formula is C13H21NO4. The van der Waals surface area contributed by atoms with Crippen molar-refractivity contribution < 1.29 is 19.4 Å². The molecule has 1 saturated carbocycles. The fourth-order valence-corrected chi connectivity index (χ4v) is 2.70. The SMILES string of the molecule is CC(C)(C)OC(=O)N1CC[C@H]2C[C@]2(C(=O)O)CC1. The molecule has 0 bridgehead atoms. The topological polar surface area (TPSA) is 66.8 Å². The number of carbonyl (C=O) groups excluding carboxylic acids is 1. The molecule has 1 amide bonds. The van der Waals surface area contributed by atoms with E-state index in [2.05, 4.69) is 0 Å². The van der Waals surface area contributed by atoms with E-state index in [1.54, 1.807) is 4.90 Å². The van der Waals surface area contributed by atoms with Gasteiger partial charge in [-0.3, -0.25) is 4.79 Å². The number of carboxylic acids is 1. The first-order chi connectivity index (χ1) is 8.24. The molecule has 0 aromatic rings. The maximum absolute atomic E-state index is 11.9. The fraction of sp³-hybridized carbons (Fsp3) is 0.846. The lowest BCUT2D eigenvalue weighted by Gasteiger charge is -2.26. The molecule has 1 saturated heterocycles. The number of amides is 1. The third-order valence-corrected chi connectivity index (χ3v) is 3.88. The van der Waals surface area contributed by atoms with Crippen LogP contribution in [-0.2, 0) is 9.53 Å². The zero-order valence-corrected chi connectivity index (χ0v) is 11.2. The molecule has 0 aromatic heterocycles. The molecule has 5 heteroatoms. The van der Waals surface area contributed by atoms with E-state index < -0.39 is 17.0 Å². The minimum absolute atomic E-state index is 0.238. The maximum Gasteiger partial charge on any atom is 0.410 e. The highest BCUT2D eigenvalue weighted by Gasteiger charge is 2.60. The third-order valence-electron chi connectivity index (χ3n) is 3.88. The molecule has 0 radical (unpaired) electrons. The summed E-state index contributed by atoms with van der Waals surface area (Å²) in [6, 6.07) is 0. The van der Waals surface area contributed by atoms with Gasteiger partial charge in [-0.1, -0.05) is 0 Å². The molecule has 2 rings (SSSR count). The van der Waals surface area contributed by atoms with Crippen molar-refractivity contribution in [2.24, 2.45) is 11.3 Å². The highest BCUT2D eigenvalue weighted by molar-refractivity contribution is 5.79. The number of hydrogen-bond acceptors (Lipinski definition) is 3. The van der Waals surface area contributed by atoms with Crippen LogP contribution in [0.25, 0.3) is 0 Å². The van der Waals surface area contributed by atoms with E-state index in [1.165, 1.54) is 0 Å². The second kappa shape index (κ2) is 4.14. The van der Waals surface area contributed by atoms with E-state index in [0.717, 1.165) is 12.8 Å². The Bertz CT molecular complexity index is 374. The van der Waals surface area contributed by atoms with Crippen molar-refractivity contribution in [3.8, 4) is 0 Å². The first kappa shape index (κ1) is 13.2. The van der Waals surface area contributed by atoms with Gasteiger partial charge in [-0.05, 0) is 46.0 Å². The number of carboxylic acid groups (broad SMARTS) is 1. The second-order valence-corrected chi connectivity index (χ2v) is 6.37. The van der Waals surface area contributed by atoms with Crippen LogP contribution >= 0.6 is 0 Å². The van der Waals surface area contributed by atoms with Gasteiger partial charge in [-0.15, -0.1) is 0 Å². The lowest BCUT2D eigenvalue weighted by Crippen LogP contribution is -2.38. The van der Waals surface area contributed by atoms with Crippen molar-refractivity contribution in [3.63, 3.8) is 0 Å². The predicted molar refractivity (Wildman–Crippen MR) is 65.2 cm³/mol. The van der Waals surface area contributed by atoms with Gasteiger partial charge >= 0.3 is 12.1 Å². The Balaban J connectivity index is 1.95. The van der Waals surface area contributed by atoms with E-state index in [-0.39, 0.29) is 12.0 Å². The lowest BCUT2D eigenvalue weighted by atomic mass is 9.99. The summed E-state index contributed by atoms with van der Waals surface area (Å²) < 4.78 is 5.32. The highest BCUT2D eigenvalue weighted by Crippen LogP contribution is 2.58. The summed E-state index contributed by atoms with van der Waals surface area (Å²) in [4.78, 5) is 24.8. The average molecular weight is 255 g/mol. The van der Waals surface area contributed by atoms with Crippen LogP contribution in [0.15, 0.2) is 0 Å². The molecule has 0 aromatic carbocycles. The first-order valence-corrected chi connectivity index (χ1v) is 6.46. The van der Waals surface area contributed by atoms with Gasteiger partial charge in [-0.25, -0.2) is 4.79 Å². The fourth-order valence-electron chi connectivity index (χ4n) is 2.70. The number of nitrogens with zero attached hydrogens (tertiary/aromatic N) is 1. The van der Waals surface area contributed by atoms with Crippen LogP contribution < -0.4 is 0 Å². The quantitative estimate of drug-likeness (QED) is 0.779. The number of aliphatic carboxylic acids is 1. The largest absolute Gasteiger partial charge is 0.481 e. The second-order valence-electron chi connectivity index (χ2n) is 6.37. The van der Waals surface area contributed by atoms with E-state index in [1.807, 2.05) is 20.8 Å². The van der Waals surface area contributed by atoms with Crippen molar-refractivity contribution in [3.05, 3.63) is 0 Å². The number of ether oxygens (including phenoxy) is 1. The zero-order valence-electron chi connectivity index (χ0n) is 11.2. The molecule has 0 spiro atoms. The molecule has 2 atom stereocenters. The normalized spacial score (nSPS) is 31.3. The smallest absolute Gasteiger partial charge is 0.410 e. The molecule has 1 aliphatic heterocycles. The van der Waals surface area contributed by atoms with Crippen molar-refractivity contribution in [1.29, 1.82) is 0 Å². The Morgan fingerprint density at radius 1 is 1.33 bits per heavy atom. The van der Waals surface area contributed by atoms with E-state index in [0.29, 0.717) is 19.5 Å². The average Bonchev–Trinajstić information content (AvgIpc) is 2.87. The number of carbonyl (C=O) groups is 2. The molecule has 0 unspecified atom stereocenters. The van der Waals surface area contributed by atoms with Crippen LogP contribution in [0.4, 0.5) is 4.79 Å². The van der Waals surface area contributed by atoms with Crippen molar-refractivity contribution in [2.45, 2.75) is 45.6 Å². The van der Waals surface area contributed by atoms with Gasteiger partial charge in [0, 0.05) is 13.1 Å². The van der Waals surface area contributed by atoms with Crippen molar-refractivity contribution in [2.75, 3.05) is 13.1 Å². The number of hydrogen-bond donors (Lipinski definition) is 1. The van der Waals surface area contributed by atoms with Crippen molar-refractivity contribution >= 4 is 12.1 Å². The van der Waals surface area contributed by atoms with Gasteiger partial charge in [0.25, 0.3) is 0 Å². The predicted octanol–water partition coefficient (Wildman–Crippen LogP) is 2.11. The maximum atomic E-state index is 11.9. The van der Waals surface area contributed by atoms with Crippen LogP contribution in [-0.4, -0.2) is 40.8 Å². The number of fused-ring (bicyclic) bond motifs is 1. The molecule has 1 aliphatic carbocycles. The van der Waals surface area contributed by atoms with Gasteiger partial charge in [-0.2, -0.15) is 0 Å². The monoisotopic (exact) mass is 255 g/mol. The summed E-state index contributed by atoms with van der Waals surface area (Å²) >= 11 is 0. The van der Waals surface area contributed by atoms with Crippen LogP contribution in [0.2, 0.25) is 0 Å². The van der Waals surface area contributed by atoms with Crippen LogP contribution in [0, 0.1) is 11.3 Å². The minimum atomic E-state index is -0.710. The Morgan fingerprint density at radius 3 is 2.56 bits per heavy atom. The van der Waals surface area contributed by atoms with Crippen LogP contribution in [0.3, 0.4) is 0 Å². The molecule has 2 fully saturated rings. The summed E-state index contributed by atoms with van der Waals surface area (Å²) in [6.07, 6.45) is 1.76. The van der Waals surface area contributed by atoms with E-state index >= 15 is 0 Å². The summed E-state index contributed by atoms with van der Waals surface area (Å²) in [5, 5.41) is 9.24. The summed E-state index contributed by atoms with van der Waals surface area (Å²) in [5.41, 5.74) is -1.06. The molecule has 18 heavy (non-hydrogen) atoms. The molecule has 5 nitrogen and oxygen atoms in total. The Kier molecular flexibility index (Phi) is 3.03. The zero-order chi connectivity index (χ0) is 13.6. The minimum Gasteiger partial charge on any atom is -0.481 e. The van der Waals surface area contributed by atoms with Gasteiger partial charge < -0.3 is 14.7 Å². The number of likely N-dealkylation sites (tertiary alicyclic amines) is 1. The van der Waals surface area contributed by atoms with Gasteiger partial charge in [0.2, 0.25) is 0 Å². The molecule has 2 aliphatic rings. The number of rotatable bonds is 1. The standard InChI is InChI=1S/C13H21NO4/c1-12(2,3)18-11(17)14-6-4-9-8-13(9,5-7-14)10(15)16/h9H,4-8H2,1-3H3,(H,15,16)/t9-,13+/m0/s1. The van der Waals surface area contributed by atoms with Gasteiger partial charge in [0.15, 0.2) is 0 Å². The Morgan fingerprint density at radius 2 is 2.00 bits per heavy atom. The summed E-state index contributed by atoms with van der Waals surface area (Å²) in [6.45, 7) is 6.59. The van der Waals surface area contributed by atoms with Crippen LogP contribution in [0.5, 0.6) is 0 Å². The lowest BCUT2D eigenvalue weighted by molar-refractivity contribution is -0.144. The summed E-state index contributed by atoms with van der Waals surface area (Å²) in [7, 11) is 0. The van der Waals surface area contributed by atoms with Crippen LogP contribution in [0.1, 0.15) is 40.0 Å². The van der Waals surface area contributed by atoms with Crippen molar-refractivity contribution in [1.82, 2.24) is 4.90 Å². The van der Waals surface area contributed by atoms with Gasteiger partial charge in [0.1, 0.15) is 5.60 Å². The van der Waals surface area contributed by atoms with E-state index in [4.69, 9.17) is 4.74 Å². The Labute approximate surface area is 107 Å². The van der Waals surface area contributed by atoms with E-state index in [9.17, 15) is 14.7 Å². The molecular weight excluding hydrogens is 234 g/mol. The highest BCUT2D eigenvalue weighted by atomic mass is 16.6. The molecule has 1 N–H and O–H groups in total. The molecule has 102 valence electrons. The Hall–Kier alpha value is -1.26. The first-order valence-electron chi connectivity index (χ1n) is 6.46. The third kappa shape index (κ3) is 2.44.